The molecule has 0 aliphatic carbocycles. The first-order valence-electron chi connectivity index (χ1n) is 7.31. The minimum Gasteiger partial charge on any atom is -0.353 e. The Kier molecular flexibility index (Phi) is 5.08. The summed E-state index contributed by atoms with van der Waals surface area (Å²) in [5.74, 6) is 1.01. The van der Waals surface area contributed by atoms with Gasteiger partial charge in [0.2, 0.25) is 11.7 Å². The van der Waals surface area contributed by atoms with E-state index in [0.717, 1.165) is 16.8 Å². The van der Waals surface area contributed by atoms with Crippen molar-refractivity contribution in [3.8, 4) is 11.4 Å². The number of nitrogens with one attached hydrogen (secondary N) is 2. The Hall–Kier alpha value is -2.44. The van der Waals surface area contributed by atoms with Crippen LogP contribution in [0.3, 0.4) is 0 Å². The van der Waals surface area contributed by atoms with E-state index in [1.165, 1.54) is 0 Å². The molecule has 1 heterocycles. The third-order valence-corrected chi connectivity index (χ3v) is 3.98. The lowest BCUT2D eigenvalue weighted by Crippen LogP contribution is -2.28. The van der Waals surface area contributed by atoms with Gasteiger partial charge in [-0.1, -0.05) is 53.2 Å². The van der Waals surface area contributed by atoms with E-state index in [2.05, 4.69) is 20.8 Å². The first kappa shape index (κ1) is 16.4. The van der Waals surface area contributed by atoms with Crippen molar-refractivity contribution in [2.24, 2.45) is 0 Å². The third-order valence-electron chi connectivity index (χ3n) is 3.33. The molecule has 2 aromatic carbocycles. The highest BCUT2D eigenvalue weighted by atomic mass is 35.5. The van der Waals surface area contributed by atoms with E-state index in [0.29, 0.717) is 28.4 Å². The van der Waals surface area contributed by atoms with Gasteiger partial charge in [0.05, 0.1) is 6.54 Å². The number of aryl methyl sites for hydroxylation is 1. The second-order valence-corrected chi connectivity index (χ2v) is 5.96. The summed E-state index contributed by atoms with van der Waals surface area (Å²) >= 11 is 11.4. The third kappa shape index (κ3) is 4.10. The molecular weight excluding hydrogens is 344 g/mol. The second kappa shape index (κ2) is 7.42. The Morgan fingerprint density at radius 3 is 2.75 bits per heavy atom. The van der Waals surface area contributed by atoms with Crippen LogP contribution in [0.4, 0.5) is 5.69 Å². The molecule has 0 saturated heterocycles. The van der Waals surface area contributed by atoms with E-state index in [9.17, 15) is 0 Å². The number of aromatic nitrogens is 2. The minimum atomic E-state index is 0.339. The van der Waals surface area contributed by atoms with Crippen LogP contribution < -0.4 is 10.6 Å². The summed E-state index contributed by atoms with van der Waals surface area (Å²) in [6.07, 6.45) is 0. The molecule has 3 aromatic rings. The van der Waals surface area contributed by atoms with Crippen molar-refractivity contribution in [2.75, 3.05) is 5.32 Å². The van der Waals surface area contributed by atoms with Crippen molar-refractivity contribution >= 4 is 34.6 Å². The van der Waals surface area contributed by atoms with Crippen LogP contribution >= 0.6 is 23.8 Å². The summed E-state index contributed by atoms with van der Waals surface area (Å²) in [5.41, 5.74) is 2.74. The van der Waals surface area contributed by atoms with Crippen molar-refractivity contribution in [1.29, 1.82) is 0 Å². The van der Waals surface area contributed by atoms with Gasteiger partial charge >= 0.3 is 0 Å². The highest BCUT2D eigenvalue weighted by Gasteiger charge is 2.08. The molecule has 0 atom stereocenters. The summed E-state index contributed by atoms with van der Waals surface area (Å²) in [6.45, 7) is 2.29. The summed E-state index contributed by atoms with van der Waals surface area (Å²) in [5, 5.41) is 11.2. The highest BCUT2D eigenvalue weighted by molar-refractivity contribution is 7.80. The maximum Gasteiger partial charge on any atom is 0.246 e. The van der Waals surface area contributed by atoms with Crippen LogP contribution in [-0.4, -0.2) is 15.3 Å². The predicted octanol–water partition coefficient (Wildman–Crippen LogP) is 4.19. The molecular formula is C17H15ClN4OS. The molecule has 0 unspecified atom stereocenters. The van der Waals surface area contributed by atoms with E-state index < -0.39 is 0 Å². The maximum atomic E-state index is 6.09. The van der Waals surface area contributed by atoms with Gasteiger partial charge in [-0.2, -0.15) is 4.98 Å². The molecule has 5 nitrogen and oxygen atoms in total. The van der Waals surface area contributed by atoms with Crippen LogP contribution in [0, 0.1) is 6.92 Å². The van der Waals surface area contributed by atoms with E-state index >= 15 is 0 Å². The first-order valence-corrected chi connectivity index (χ1v) is 8.09. The van der Waals surface area contributed by atoms with Crippen molar-refractivity contribution < 1.29 is 4.52 Å². The van der Waals surface area contributed by atoms with Crippen LogP contribution in [0.25, 0.3) is 11.4 Å². The Bertz CT molecular complexity index is 851. The summed E-state index contributed by atoms with van der Waals surface area (Å²) < 4.78 is 5.22. The quantitative estimate of drug-likeness (QED) is 0.682. The molecule has 0 saturated carbocycles. The molecule has 24 heavy (non-hydrogen) atoms. The Labute approximate surface area is 150 Å². The van der Waals surface area contributed by atoms with Gasteiger partial charge < -0.3 is 15.2 Å². The Morgan fingerprint density at radius 1 is 1.21 bits per heavy atom. The smallest absolute Gasteiger partial charge is 0.246 e. The molecule has 7 heteroatoms. The lowest BCUT2D eigenvalue weighted by atomic mass is 10.2. The van der Waals surface area contributed by atoms with Crippen molar-refractivity contribution in [1.82, 2.24) is 15.5 Å². The second-order valence-electron chi connectivity index (χ2n) is 5.15. The Balaban J connectivity index is 1.56. The number of anilines is 1. The lowest BCUT2D eigenvalue weighted by molar-refractivity contribution is 0.376. The van der Waals surface area contributed by atoms with Crippen LogP contribution in [-0.2, 0) is 6.54 Å². The fourth-order valence-electron chi connectivity index (χ4n) is 2.03. The van der Waals surface area contributed by atoms with Crippen LogP contribution in [0.5, 0.6) is 0 Å². The number of nitrogens with zero attached hydrogens (tertiary/aromatic N) is 2. The predicted molar refractivity (Wildman–Crippen MR) is 99.0 cm³/mol. The molecule has 3 rings (SSSR count). The van der Waals surface area contributed by atoms with Gasteiger partial charge in [0.25, 0.3) is 0 Å². The van der Waals surface area contributed by atoms with Crippen LogP contribution in [0.1, 0.15) is 11.5 Å². The van der Waals surface area contributed by atoms with Gasteiger partial charge in [-0.15, -0.1) is 0 Å². The van der Waals surface area contributed by atoms with Gasteiger partial charge in [0, 0.05) is 16.3 Å². The fourth-order valence-corrected chi connectivity index (χ4v) is 2.40. The van der Waals surface area contributed by atoms with E-state index in [1.807, 2.05) is 55.5 Å². The normalized spacial score (nSPS) is 10.4. The van der Waals surface area contributed by atoms with Crippen molar-refractivity contribution in [3.05, 3.63) is 65.0 Å². The van der Waals surface area contributed by atoms with Crippen molar-refractivity contribution in [2.45, 2.75) is 13.5 Å². The van der Waals surface area contributed by atoms with E-state index in [-0.39, 0.29) is 0 Å². The summed E-state index contributed by atoms with van der Waals surface area (Å²) in [4.78, 5) is 4.34. The molecule has 0 spiro atoms. The summed E-state index contributed by atoms with van der Waals surface area (Å²) in [7, 11) is 0. The zero-order chi connectivity index (χ0) is 16.9. The average Bonchev–Trinajstić information content (AvgIpc) is 3.06. The first-order chi connectivity index (χ1) is 11.6. The summed E-state index contributed by atoms with van der Waals surface area (Å²) in [6, 6.07) is 15.3. The van der Waals surface area contributed by atoms with Gasteiger partial charge in [-0.25, -0.2) is 0 Å². The molecule has 122 valence electrons. The highest BCUT2D eigenvalue weighted by Crippen LogP contribution is 2.20. The SMILES string of the molecule is Cc1ccc(NC(=S)NCc2nc(-c3ccccc3)no2)cc1Cl. The lowest BCUT2D eigenvalue weighted by Gasteiger charge is -2.09. The molecule has 0 fully saturated rings. The Morgan fingerprint density at radius 2 is 2.00 bits per heavy atom. The van der Waals surface area contributed by atoms with Crippen molar-refractivity contribution in [3.63, 3.8) is 0 Å². The zero-order valence-electron chi connectivity index (χ0n) is 12.9. The minimum absolute atomic E-state index is 0.339. The van der Waals surface area contributed by atoms with E-state index in [1.54, 1.807) is 0 Å². The number of hydrogen-bond acceptors (Lipinski definition) is 4. The molecule has 0 aliphatic heterocycles. The molecule has 0 amide bonds. The van der Waals surface area contributed by atoms with Crippen LogP contribution in [0.15, 0.2) is 53.1 Å². The van der Waals surface area contributed by atoms with E-state index in [4.69, 9.17) is 28.3 Å². The molecule has 0 bridgehead atoms. The van der Waals surface area contributed by atoms with Gasteiger partial charge in [0.15, 0.2) is 5.11 Å². The number of thiocarbonyl (C=S) groups is 1. The molecule has 0 radical (unpaired) electrons. The molecule has 0 aliphatic rings. The van der Waals surface area contributed by atoms with Gasteiger partial charge in [-0.3, -0.25) is 0 Å². The van der Waals surface area contributed by atoms with Crippen LogP contribution in [0.2, 0.25) is 5.02 Å². The number of halogens is 1. The maximum absolute atomic E-state index is 6.09. The molecule has 2 N–H and O–H groups in total. The molecule has 1 aromatic heterocycles. The average molecular weight is 359 g/mol. The zero-order valence-corrected chi connectivity index (χ0v) is 14.5. The van der Waals surface area contributed by atoms with Gasteiger partial charge in [0.1, 0.15) is 0 Å². The van der Waals surface area contributed by atoms with Gasteiger partial charge in [-0.05, 0) is 36.8 Å². The largest absolute Gasteiger partial charge is 0.353 e. The monoisotopic (exact) mass is 358 g/mol. The fraction of sp³-hybridized carbons (Fsp3) is 0.118. The number of benzene rings is 2. The standard InChI is InChI=1S/C17H15ClN4OS/c1-11-7-8-13(9-14(11)18)20-17(24)19-10-15-21-16(22-23-15)12-5-3-2-4-6-12/h2-9H,10H2,1H3,(H2,19,20,24). The number of hydrogen-bond donors (Lipinski definition) is 2. The topological polar surface area (TPSA) is 63.0 Å². The number of rotatable bonds is 4.